The molecule has 1 amide bonds. The minimum Gasteiger partial charge on any atom is -0.491 e. The Morgan fingerprint density at radius 3 is 2.74 bits per heavy atom. The van der Waals surface area contributed by atoms with E-state index in [0.717, 1.165) is 37.5 Å². The van der Waals surface area contributed by atoms with E-state index in [1.165, 1.54) is 0 Å². The molecule has 1 fully saturated rings. The number of nitrogens with one attached hydrogen (secondary N) is 2. The van der Waals surface area contributed by atoms with Gasteiger partial charge in [0.25, 0.3) is 5.91 Å². The summed E-state index contributed by atoms with van der Waals surface area (Å²) in [5, 5.41) is 10.5. The van der Waals surface area contributed by atoms with Crippen molar-refractivity contribution in [2.75, 3.05) is 38.2 Å². The highest BCUT2D eigenvalue weighted by Crippen LogP contribution is 2.23. The summed E-state index contributed by atoms with van der Waals surface area (Å²) in [6.07, 6.45) is 2.03. The number of aryl methyl sites for hydroxylation is 1. The molecule has 3 rings (SSSR count). The lowest BCUT2D eigenvalue weighted by Crippen LogP contribution is -2.27. The molecule has 0 saturated carbocycles. The average molecular weight is 396 g/mol. The summed E-state index contributed by atoms with van der Waals surface area (Å²) in [6, 6.07) is 9.49. The standard InChI is InChI=1S/C18H25N5O3.ClH/c1-23-18(21-17(22-23)14-7-9-19-10-8-14)20-16(24)13-25-11-12-26-15-5-3-2-4-6-15;/h2-6,14,19H,7-13H2,1H3,(H,20,21,22,24);1H. The molecule has 0 bridgehead atoms. The van der Waals surface area contributed by atoms with E-state index in [9.17, 15) is 4.79 Å². The second-order valence-corrected chi connectivity index (χ2v) is 6.20. The van der Waals surface area contributed by atoms with E-state index < -0.39 is 0 Å². The van der Waals surface area contributed by atoms with Gasteiger partial charge in [-0.1, -0.05) is 18.2 Å². The predicted molar refractivity (Wildman–Crippen MR) is 104 cm³/mol. The zero-order chi connectivity index (χ0) is 18.2. The Labute approximate surface area is 165 Å². The molecule has 1 aliphatic heterocycles. The van der Waals surface area contributed by atoms with Gasteiger partial charge in [-0.15, -0.1) is 12.4 Å². The summed E-state index contributed by atoms with van der Waals surface area (Å²) in [5.41, 5.74) is 0. The van der Waals surface area contributed by atoms with Gasteiger partial charge in [0.1, 0.15) is 19.0 Å². The van der Waals surface area contributed by atoms with E-state index in [1.807, 2.05) is 30.3 Å². The first-order valence-electron chi connectivity index (χ1n) is 8.89. The van der Waals surface area contributed by atoms with Crippen molar-refractivity contribution in [3.05, 3.63) is 36.2 Å². The van der Waals surface area contributed by atoms with E-state index in [4.69, 9.17) is 9.47 Å². The van der Waals surface area contributed by atoms with Crippen LogP contribution in [0.2, 0.25) is 0 Å². The van der Waals surface area contributed by atoms with Crippen molar-refractivity contribution in [1.82, 2.24) is 20.1 Å². The van der Waals surface area contributed by atoms with Crippen molar-refractivity contribution in [3.8, 4) is 5.75 Å². The van der Waals surface area contributed by atoms with Gasteiger partial charge in [-0.25, -0.2) is 4.68 Å². The molecule has 1 saturated heterocycles. The molecule has 0 unspecified atom stereocenters. The Bertz CT molecular complexity index is 704. The summed E-state index contributed by atoms with van der Waals surface area (Å²) in [5.74, 6) is 2.12. The lowest BCUT2D eigenvalue weighted by atomic mass is 9.98. The smallest absolute Gasteiger partial charge is 0.252 e. The largest absolute Gasteiger partial charge is 0.491 e. The molecular formula is C18H26ClN5O3. The number of ether oxygens (including phenoxy) is 2. The molecule has 2 N–H and O–H groups in total. The fourth-order valence-corrected chi connectivity index (χ4v) is 2.83. The molecule has 0 atom stereocenters. The average Bonchev–Trinajstić information content (AvgIpc) is 3.03. The van der Waals surface area contributed by atoms with Gasteiger partial charge < -0.3 is 14.8 Å². The number of carbonyl (C=O) groups is 1. The van der Waals surface area contributed by atoms with Gasteiger partial charge in [0.2, 0.25) is 5.95 Å². The molecule has 0 aliphatic carbocycles. The second-order valence-electron chi connectivity index (χ2n) is 6.20. The number of rotatable bonds is 8. The van der Waals surface area contributed by atoms with Crippen LogP contribution < -0.4 is 15.4 Å². The second kappa shape index (κ2) is 10.9. The van der Waals surface area contributed by atoms with Gasteiger partial charge in [0.05, 0.1) is 6.61 Å². The number of amides is 1. The van der Waals surface area contributed by atoms with Gasteiger partial charge in [0.15, 0.2) is 5.82 Å². The third kappa shape index (κ3) is 6.50. The summed E-state index contributed by atoms with van der Waals surface area (Å²) in [7, 11) is 1.78. The van der Waals surface area contributed by atoms with Crippen molar-refractivity contribution in [3.63, 3.8) is 0 Å². The first-order chi connectivity index (χ1) is 12.7. The lowest BCUT2D eigenvalue weighted by molar-refractivity contribution is -0.120. The molecule has 148 valence electrons. The molecule has 1 aromatic heterocycles. The molecule has 2 aromatic rings. The highest BCUT2D eigenvalue weighted by molar-refractivity contribution is 5.90. The Morgan fingerprint density at radius 2 is 2.00 bits per heavy atom. The van der Waals surface area contributed by atoms with E-state index in [-0.39, 0.29) is 24.9 Å². The topological polar surface area (TPSA) is 90.3 Å². The maximum absolute atomic E-state index is 12.0. The minimum absolute atomic E-state index is 0. The Hall–Kier alpha value is -2.16. The van der Waals surface area contributed by atoms with Crippen molar-refractivity contribution >= 4 is 24.3 Å². The third-order valence-corrected chi connectivity index (χ3v) is 4.21. The van der Waals surface area contributed by atoms with Gasteiger partial charge in [0, 0.05) is 13.0 Å². The van der Waals surface area contributed by atoms with E-state index in [2.05, 4.69) is 20.7 Å². The molecule has 2 heterocycles. The molecular weight excluding hydrogens is 370 g/mol. The highest BCUT2D eigenvalue weighted by atomic mass is 35.5. The quantitative estimate of drug-likeness (QED) is 0.662. The maximum Gasteiger partial charge on any atom is 0.252 e. The highest BCUT2D eigenvalue weighted by Gasteiger charge is 2.21. The Morgan fingerprint density at radius 1 is 1.26 bits per heavy atom. The van der Waals surface area contributed by atoms with Crippen LogP contribution in [0.3, 0.4) is 0 Å². The molecule has 9 heteroatoms. The molecule has 1 aromatic carbocycles. The number of para-hydroxylation sites is 1. The van der Waals surface area contributed by atoms with Gasteiger partial charge in [-0.05, 0) is 38.1 Å². The Kier molecular flexibility index (Phi) is 8.50. The maximum atomic E-state index is 12.0. The van der Waals surface area contributed by atoms with Crippen LogP contribution in [0.25, 0.3) is 0 Å². The minimum atomic E-state index is -0.253. The van der Waals surface area contributed by atoms with Crippen LogP contribution in [0.4, 0.5) is 5.95 Å². The number of anilines is 1. The van der Waals surface area contributed by atoms with Gasteiger partial charge in [-0.2, -0.15) is 10.1 Å². The molecule has 27 heavy (non-hydrogen) atoms. The predicted octanol–water partition coefficient (Wildman–Crippen LogP) is 1.74. The van der Waals surface area contributed by atoms with Gasteiger partial charge >= 0.3 is 0 Å². The van der Waals surface area contributed by atoms with E-state index in [0.29, 0.717) is 25.1 Å². The zero-order valence-corrected chi connectivity index (χ0v) is 16.2. The van der Waals surface area contributed by atoms with E-state index in [1.54, 1.807) is 11.7 Å². The zero-order valence-electron chi connectivity index (χ0n) is 15.4. The molecule has 1 aliphatic rings. The normalized spacial score (nSPS) is 14.4. The van der Waals surface area contributed by atoms with Crippen molar-refractivity contribution in [2.45, 2.75) is 18.8 Å². The van der Waals surface area contributed by atoms with Crippen molar-refractivity contribution in [2.24, 2.45) is 7.05 Å². The van der Waals surface area contributed by atoms with Crippen molar-refractivity contribution < 1.29 is 14.3 Å². The van der Waals surface area contributed by atoms with Crippen LogP contribution in [0.15, 0.2) is 30.3 Å². The SMILES string of the molecule is Cl.Cn1nc(C2CCNCC2)nc1NC(=O)COCCOc1ccccc1. The van der Waals surface area contributed by atoms with Crippen LogP contribution in [-0.4, -0.2) is 53.6 Å². The van der Waals surface area contributed by atoms with Crippen LogP contribution in [0.1, 0.15) is 24.6 Å². The first kappa shape index (κ1) is 21.1. The molecule has 0 radical (unpaired) electrons. The number of halogens is 1. The van der Waals surface area contributed by atoms with Gasteiger partial charge in [-0.3, -0.25) is 10.1 Å². The number of carbonyl (C=O) groups excluding carboxylic acids is 1. The number of piperidine rings is 1. The number of hydrogen-bond donors (Lipinski definition) is 2. The van der Waals surface area contributed by atoms with Crippen LogP contribution in [0, 0.1) is 0 Å². The summed E-state index contributed by atoms with van der Waals surface area (Å²) in [4.78, 5) is 16.5. The molecule has 8 nitrogen and oxygen atoms in total. The fourth-order valence-electron chi connectivity index (χ4n) is 2.83. The van der Waals surface area contributed by atoms with Crippen LogP contribution in [-0.2, 0) is 16.6 Å². The third-order valence-electron chi connectivity index (χ3n) is 4.21. The summed E-state index contributed by atoms with van der Waals surface area (Å²) >= 11 is 0. The Balaban J connectivity index is 0.00000261. The number of aromatic nitrogens is 3. The number of hydrogen-bond acceptors (Lipinski definition) is 6. The molecule has 0 spiro atoms. The number of benzene rings is 1. The number of nitrogens with zero attached hydrogens (tertiary/aromatic N) is 3. The van der Waals surface area contributed by atoms with Crippen LogP contribution >= 0.6 is 12.4 Å². The monoisotopic (exact) mass is 395 g/mol. The fraction of sp³-hybridized carbons (Fsp3) is 0.500. The van der Waals surface area contributed by atoms with Crippen LogP contribution in [0.5, 0.6) is 5.75 Å². The van der Waals surface area contributed by atoms with Crippen molar-refractivity contribution in [1.29, 1.82) is 0 Å². The summed E-state index contributed by atoms with van der Waals surface area (Å²) in [6.45, 7) is 2.63. The lowest BCUT2D eigenvalue weighted by Gasteiger charge is -2.19. The van der Waals surface area contributed by atoms with E-state index >= 15 is 0 Å². The summed E-state index contributed by atoms with van der Waals surface area (Å²) < 4.78 is 12.5. The first-order valence-corrected chi connectivity index (χ1v) is 8.89.